The van der Waals surface area contributed by atoms with Gasteiger partial charge < -0.3 is 23.8 Å². The minimum absolute atomic E-state index is 0.210. The lowest BCUT2D eigenvalue weighted by molar-refractivity contribution is 0.00578. The highest BCUT2D eigenvalue weighted by Crippen LogP contribution is 2.37. The van der Waals surface area contributed by atoms with Gasteiger partial charge in [-0.05, 0) is 73.3 Å². The van der Waals surface area contributed by atoms with Crippen LogP contribution in [0.3, 0.4) is 0 Å². The van der Waals surface area contributed by atoms with Gasteiger partial charge in [-0.2, -0.15) is 0 Å². The Kier molecular flexibility index (Phi) is 5.53. The van der Waals surface area contributed by atoms with Crippen molar-refractivity contribution in [3.8, 4) is 0 Å². The smallest absolute Gasteiger partial charge is 0.444 e. The zero-order chi connectivity index (χ0) is 22.6. The van der Waals surface area contributed by atoms with Gasteiger partial charge in [0.2, 0.25) is 0 Å². The quantitative estimate of drug-likeness (QED) is 0.674. The predicted octanol–water partition coefficient (Wildman–Crippen LogP) is 3.14. The molecule has 2 fully saturated rings. The number of pyridine rings is 1. The number of ether oxygens (including phenoxy) is 1. The Hall–Kier alpha value is -1.80. The van der Waals surface area contributed by atoms with Gasteiger partial charge in [0.05, 0.1) is 11.2 Å². The zero-order valence-corrected chi connectivity index (χ0v) is 20.0. The molecule has 31 heavy (non-hydrogen) atoms. The number of fused-ring (bicyclic) bond motifs is 1. The number of carbonyl (C=O) groups is 1. The highest BCUT2D eigenvalue weighted by molar-refractivity contribution is 6.62. The Morgan fingerprint density at radius 3 is 2.32 bits per heavy atom. The van der Waals surface area contributed by atoms with Crippen LogP contribution in [0.1, 0.15) is 66.9 Å². The lowest BCUT2D eigenvalue weighted by Gasteiger charge is -2.38. The summed E-state index contributed by atoms with van der Waals surface area (Å²) in [6, 6.07) is 2.59. The van der Waals surface area contributed by atoms with E-state index in [9.17, 15) is 4.79 Å². The maximum Gasteiger partial charge on any atom is 0.496 e. The standard InChI is InChI=1S/C23H36BN3O4/c1-21(2,3)29-20(28)26-11-9-18(10-12-26)27-13-8-16-14-17(15-25-19(16)27)24-30-22(4,5)23(6,7)31-24/h14-15,18H,8-13H2,1-7H3. The summed E-state index contributed by atoms with van der Waals surface area (Å²) in [6.45, 7) is 16.4. The number of hydrogen-bond donors (Lipinski definition) is 0. The molecule has 2 saturated heterocycles. The fourth-order valence-electron chi connectivity index (χ4n) is 4.46. The van der Waals surface area contributed by atoms with E-state index in [2.05, 4.69) is 38.7 Å². The summed E-state index contributed by atoms with van der Waals surface area (Å²) in [5.41, 5.74) is 1.07. The number of hydrogen-bond acceptors (Lipinski definition) is 6. The number of amides is 1. The zero-order valence-electron chi connectivity index (χ0n) is 20.0. The Morgan fingerprint density at radius 2 is 1.74 bits per heavy atom. The molecular weight excluding hydrogens is 393 g/mol. The van der Waals surface area contributed by atoms with Crippen molar-refractivity contribution in [1.82, 2.24) is 9.88 Å². The van der Waals surface area contributed by atoms with Gasteiger partial charge in [-0.25, -0.2) is 9.78 Å². The maximum atomic E-state index is 12.3. The fraction of sp³-hybridized carbons (Fsp3) is 0.739. The third-order valence-corrected chi connectivity index (χ3v) is 6.94. The molecule has 0 atom stereocenters. The van der Waals surface area contributed by atoms with Crippen LogP contribution in [0.4, 0.5) is 10.6 Å². The largest absolute Gasteiger partial charge is 0.496 e. The van der Waals surface area contributed by atoms with Crippen LogP contribution >= 0.6 is 0 Å². The molecule has 4 rings (SSSR count). The molecule has 7 nitrogen and oxygen atoms in total. The number of likely N-dealkylation sites (tertiary alicyclic amines) is 1. The molecule has 0 bridgehead atoms. The molecule has 3 aliphatic heterocycles. The Labute approximate surface area is 186 Å². The maximum absolute atomic E-state index is 12.3. The molecule has 0 N–H and O–H groups in total. The SMILES string of the molecule is CC(C)(C)OC(=O)N1CCC(N2CCc3cc(B4OC(C)(C)C(C)(C)O4)cnc32)CC1. The monoisotopic (exact) mass is 429 g/mol. The van der Waals surface area contributed by atoms with Crippen LogP contribution in [0, 0.1) is 0 Å². The summed E-state index contributed by atoms with van der Waals surface area (Å²) in [6.07, 6.45) is 4.52. The van der Waals surface area contributed by atoms with Gasteiger partial charge in [0, 0.05) is 37.3 Å². The molecule has 8 heteroatoms. The molecule has 0 saturated carbocycles. The van der Waals surface area contributed by atoms with E-state index in [4.69, 9.17) is 19.0 Å². The molecule has 0 unspecified atom stereocenters. The fourth-order valence-corrected chi connectivity index (χ4v) is 4.46. The minimum atomic E-state index is -0.458. The molecular formula is C23H36BN3O4. The second-order valence-electron chi connectivity index (χ2n) is 11.0. The van der Waals surface area contributed by atoms with E-state index in [1.165, 1.54) is 5.56 Å². The predicted molar refractivity (Wildman–Crippen MR) is 122 cm³/mol. The summed E-state index contributed by atoms with van der Waals surface area (Å²) < 4.78 is 17.9. The summed E-state index contributed by atoms with van der Waals surface area (Å²) in [7, 11) is -0.381. The molecule has 4 heterocycles. The van der Waals surface area contributed by atoms with Crippen LogP contribution in [-0.4, -0.2) is 65.6 Å². The molecule has 0 aromatic carbocycles. The van der Waals surface area contributed by atoms with Crippen molar-refractivity contribution < 1.29 is 18.8 Å². The minimum Gasteiger partial charge on any atom is -0.444 e. The number of aromatic nitrogens is 1. The summed E-state index contributed by atoms with van der Waals surface area (Å²) in [4.78, 5) is 21.4. The van der Waals surface area contributed by atoms with Crippen LogP contribution < -0.4 is 10.4 Å². The average Bonchev–Trinajstić information content (AvgIpc) is 3.17. The molecule has 1 amide bonds. The van der Waals surface area contributed by atoms with Crippen LogP contribution in [-0.2, 0) is 20.5 Å². The molecule has 1 aromatic rings. The van der Waals surface area contributed by atoms with E-state index >= 15 is 0 Å². The van der Waals surface area contributed by atoms with Crippen molar-refractivity contribution in [3.63, 3.8) is 0 Å². The number of rotatable bonds is 2. The Bertz CT molecular complexity index is 828. The number of anilines is 1. The van der Waals surface area contributed by atoms with E-state index in [-0.39, 0.29) is 24.4 Å². The van der Waals surface area contributed by atoms with E-state index in [0.717, 1.165) is 50.2 Å². The van der Waals surface area contributed by atoms with Crippen LogP contribution in [0.25, 0.3) is 0 Å². The second-order valence-corrected chi connectivity index (χ2v) is 11.0. The third kappa shape index (κ3) is 4.42. The highest BCUT2D eigenvalue weighted by atomic mass is 16.7. The normalized spacial score (nSPS) is 23.3. The first kappa shape index (κ1) is 22.4. The van der Waals surface area contributed by atoms with Gasteiger partial charge in [0.25, 0.3) is 0 Å². The number of nitrogens with zero attached hydrogens (tertiary/aromatic N) is 3. The number of carbonyl (C=O) groups excluding carboxylic acids is 1. The van der Waals surface area contributed by atoms with Crippen LogP contribution in [0.15, 0.2) is 12.3 Å². The Morgan fingerprint density at radius 1 is 1.13 bits per heavy atom. The molecule has 1 aromatic heterocycles. The highest BCUT2D eigenvalue weighted by Gasteiger charge is 2.52. The van der Waals surface area contributed by atoms with E-state index < -0.39 is 5.60 Å². The summed E-state index contributed by atoms with van der Waals surface area (Å²) >= 11 is 0. The third-order valence-electron chi connectivity index (χ3n) is 6.94. The van der Waals surface area contributed by atoms with Gasteiger partial charge in [-0.15, -0.1) is 0 Å². The summed E-state index contributed by atoms with van der Waals surface area (Å²) in [5.74, 6) is 1.07. The van der Waals surface area contributed by atoms with Crippen molar-refractivity contribution in [2.24, 2.45) is 0 Å². The van der Waals surface area contributed by atoms with Crippen LogP contribution in [0.2, 0.25) is 0 Å². The van der Waals surface area contributed by atoms with E-state index in [1.54, 1.807) is 0 Å². The Balaban J connectivity index is 1.40. The van der Waals surface area contributed by atoms with Gasteiger partial charge in [-0.1, -0.05) is 6.07 Å². The van der Waals surface area contributed by atoms with Gasteiger partial charge in [0.1, 0.15) is 11.4 Å². The first-order valence-electron chi connectivity index (χ1n) is 11.5. The van der Waals surface area contributed by atoms with Gasteiger partial charge >= 0.3 is 13.2 Å². The lowest BCUT2D eigenvalue weighted by Crippen LogP contribution is -2.48. The lowest BCUT2D eigenvalue weighted by atomic mass is 9.79. The topological polar surface area (TPSA) is 64.1 Å². The van der Waals surface area contributed by atoms with E-state index in [0.29, 0.717) is 6.04 Å². The van der Waals surface area contributed by atoms with Crippen molar-refractivity contribution in [2.75, 3.05) is 24.5 Å². The van der Waals surface area contributed by atoms with Gasteiger partial charge in [-0.3, -0.25) is 0 Å². The summed E-state index contributed by atoms with van der Waals surface area (Å²) in [5, 5.41) is 0. The van der Waals surface area contributed by atoms with E-state index in [1.807, 2.05) is 31.9 Å². The average molecular weight is 429 g/mol. The molecule has 170 valence electrons. The van der Waals surface area contributed by atoms with Crippen molar-refractivity contribution in [3.05, 3.63) is 17.8 Å². The molecule has 0 radical (unpaired) electrons. The second kappa shape index (κ2) is 7.66. The first-order valence-corrected chi connectivity index (χ1v) is 11.5. The molecule has 3 aliphatic rings. The first-order chi connectivity index (χ1) is 14.4. The molecule has 0 spiro atoms. The van der Waals surface area contributed by atoms with Crippen LogP contribution in [0.5, 0.6) is 0 Å². The van der Waals surface area contributed by atoms with Crippen molar-refractivity contribution >= 4 is 24.5 Å². The van der Waals surface area contributed by atoms with Gasteiger partial charge in [0.15, 0.2) is 0 Å². The van der Waals surface area contributed by atoms with Crippen molar-refractivity contribution in [2.45, 2.75) is 90.6 Å². The molecule has 0 aliphatic carbocycles. The number of piperidine rings is 1. The van der Waals surface area contributed by atoms with Crippen molar-refractivity contribution in [1.29, 1.82) is 0 Å².